The summed E-state index contributed by atoms with van der Waals surface area (Å²) in [6, 6.07) is 10.4. The molecule has 0 aromatic heterocycles. The van der Waals surface area contributed by atoms with Gasteiger partial charge in [-0.25, -0.2) is 8.42 Å². The molecule has 3 N–H and O–H groups in total. The van der Waals surface area contributed by atoms with Gasteiger partial charge in [0.05, 0.1) is 23.1 Å². The number of benzene rings is 2. The van der Waals surface area contributed by atoms with Crippen molar-refractivity contribution in [3.05, 3.63) is 59.7 Å². The van der Waals surface area contributed by atoms with Crippen molar-refractivity contribution in [1.82, 2.24) is 10.3 Å². The molecule has 2 aromatic rings. The molecule has 0 radical (unpaired) electrons. The Kier molecular flexibility index (Phi) is 5.33. The van der Waals surface area contributed by atoms with Gasteiger partial charge in [-0.05, 0) is 36.4 Å². The first kappa shape index (κ1) is 18.7. The molecule has 2 aromatic carbocycles. The van der Waals surface area contributed by atoms with Gasteiger partial charge in [0, 0.05) is 5.69 Å². The molecule has 0 aliphatic heterocycles. The van der Waals surface area contributed by atoms with E-state index in [0.717, 1.165) is 18.4 Å². The third kappa shape index (κ3) is 5.47. The van der Waals surface area contributed by atoms with E-state index in [1.54, 1.807) is 12.1 Å². The maximum atomic E-state index is 12.6. The summed E-state index contributed by atoms with van der Waals surface area (Å²) in [6.45, 7) is 0. The fourth-order valence-corrected chi connectivity index (χ4v) is 2.17. The normalized spacial score (nSPS) is 11.8. The largest absolute Gasteiger partial charge is 0.416 e. The first-order valence-electron chi connectivity index (χ1n) is 6.87. The monoisotopic (exact) mass is 373 g/mol. The predicted octanol–water partition coefficient (Wildman–Crippen LogP) is 2.64. The topological polar surface area (TPSA) is 87.3 Å². The molecule has 6 nitrogen and oxygen atoms in total. The summed E-state index contributed by atoms with van der Waals surface area (Å²) in [5.41, 5.74) is 1.99. The van der Waals surface area contributed by atoms with E-state index in [4.69, 9.17) is 0 Å². The van der Waals surface area contributed by atoms with E-state index >= 15 is 0 Å². The fourth-order valence-electron chi connectivity index (χ4n) is 1.89. The van der Waals surface area contributed by atoms with Crippen molar-refractivity contribution in [2.45, 2.75) is 6.18 Å². The van der Waals surface area contributed by atoms with Crippen LogP contribution in [0.3, 0.4) is 0 Å². The molecule has 1 amide bonds. The molecule has 25 heavy (non-hydrogen) atoms. The molecule has 0 atom stereocenters. The second-order valence-corrected chi connectivity index (χ2v) is 6.82. The molecule has 10 heteroatoms. The number of sulfonamides is 1. The molecule has 0 heterocycles. The van der Waals surface area contributed by atoms with Gasteiger partial charge in [0.25, 0.3) is 5.91 Å². The minimum Gasteiger partial charge on any atom is -0.355 e. The van der Waals surface area contributed by atoms with Gasteiger partial charge in [0.15, 0.2) is 0 Å². The molecule has 0 saturated heterocycles. The number of nitrogens with one attached hydrogen (secondary N) is 3. The van der Waals surface area contributed by atoms with Crippen LogP contribution in [0.15, 0.2) is 48.5 Å². The van der Waals surface area contributed by atoms with Gasteiger partial charge < -0.3 is 5.32 Å². The summed E-state index contributed by atoms with van der Waals surface area (Å²) in [7, 11) is -3.63. The molecule has 0 bridgehead atoms. The van der Waals surface area contributed by atoms with Crippen LogP contribution in [0.5, 0.6) is 0 Å². The van der Waals surface area contributed by atoms with Crippen LogP contribution >= 0.6 is 0 Å². The van der Waals surface area contributed by atoms with E-state index in [-0.39, 0.29) is 5.56 Å². The van der Waals surface area contributed by atoms with Gasteiger partial charge in [-0.3, -0.25) is 10.2 Å². The Labute approximate surface area is 142 Å². The first-order valence-corrected chi connectivity index (χ1v) is 8.76. The highest BCUT2D eigenvalue weighted by atomic mass is 32.2. The number of para-hydroxylation sites is 1. The molecule has 0 unspecified atom stereocenters. The Morgan fingerprint density at radius 3 is 2.16 bits per heavy atom. The number of amides is 1. The third-order valence-corrected chi connectivity index (χ3v) is 3.49. The van der Waals surface area contributed by atoms with Crippen molar-refractivity contribution >= 4 is 27.3 Å². The number of halogens is 3. The van der Waals surface area contributed by atoms with Crippen molar-refractivity contribution in [2.24, 2.45) is 0 Å². The number of hydrogen-bond donors (Lipinski definition) is 3. The second-order valence-electron chi connectivity index (χ2n) is 5.07. The summed E-state index contributed by atoms with van der Waals surface area (Å²) >= 11 is 0. The maximum Gasteiger partial charge on any atom is 0.416 e. The minimum absolute atomic E-state index is 0.110. The van der Waals surface area contributed by atoms with E-state index in [9.17, 15) is 26.4 Å². The number of rotatable bonds is 5. The molecule has 2 rings (SSSR count). The highest BCUT2D eigenvalue weighted by Gasteiger charge is 2.29. The van der Waals surface area contributed by atoms with Gasteiger partial charge >= 0.3 is 6.18 Å². The summed E-state index contributed by atoms with van der Waals surface area (Å²) in [6.07, 6.45) is -3.56. The number of carbonyl (C=O) groups is 1. The van der Waals surface area contributed by atoms with Gasteiger partial charge in [0.2, 0.25) is 10.0 Å². The summed E-state index contributed by atoms with van der Waals surface area (Å²) in [4.78, 5) is 13.9. The average Bonchev–Trinajstić information content (AvgIpc) is 2.52. The molecule has 0 aliphatic rings. The van der Waals surface area contributed by atoms with E-state index in [2.05, 4.69) is 5.32 Å². The number of hydrazine groups is 1. The summed E-state index contributed by atoms with van der Waals surface area (Å²) in [5, 5.41) is 2.82. The lowest BCUT2D eigenvalue weighted by molar-refractivity contribution is -0.137. The smallest absolute Gasteiger partial charge is 0.355 e. The summed E-state index contributed by atoms with van der Waals surface area (Å²) in [5.74, 6) is -0.722. The van der Waals surface area contributed by atoms with Crippen LogP contribution in [0.1, 0.15) is 15.9 Å². The minimum atomic E-state index is -4.44. The predicted molar refractivity (Wildman–Crippen MR) is 86.6 cm³/mol. The number of carbonyl (C=O) groups excluding carboxylic acids is 1. The van der Waals surface area contributed by atoms with Crippen molar-refractivity contribution in [3.8, 4) is 0 Å². The highest BCUT2D eigenvalue weighted by molar-refractivity contribution is 7.88. The van der Waals surface area contributed by atoms with E-state index in [1.807, 2.05) is 10.3 Å². The van der Waals surface area contributed by atoms with Gasteiger partial charge in [-0.15, -0.1) is 4.83 Å². The van der Waals surface area contributed by atoms with Crippen LogP contribution in [0, 0.1) is 0 Å². The molecular formula is C15H14F3N3O3S. The number of alkyl halides is 3. The SMILES string of the molecule is CS(=O)(=O)NNC(=O)c1ccccc1Nc1ccc(C(F)(F)F)cc1. The van der Waals surface area contributed by atoms with Gasteiger partial charge in [0.1, 0.15) is 0 Å². The molecule has 134 valence electrons. The van der Waals surface area contributed by atoms with Crippen LogP contribution < -0.4 is 15.6 Å². The standard InChI is InChI=1S/C15H14F3N3O3S/c1-25(23,24)21-20-14(22)12-4-2-3-5-13(12)19-11-8-6-10(7-9-11)15(16,17)18/h2-9,19,21H,1H3,(H,20,22). The van der Waals surface area contributed by atoms with E-state index in [0.29, 0.717) is 11.4 Å². The Balaban J connectivity index is 2.19. The Morgan fingerprint density at radius 1 is 1.00 bits per heavy atom. The Hall–Kier alpha value is -2.59. The van der Waals surface area contributed by atoms with Crippen LogP contribution in [0.4, 0.5) is 24.5 Å². The molecular weight excluding hydrogens is 359 g/mol. The summed E-state index contributed by atoms with van der Waals surface area (Å²) < 4.78 is 59.7. The van der Waals surface area contributed by atoms with Crippen molar-refractivity contribution < 1.29 is 26.4 Å². The fraction of sp³-hybridized carbons (Fsp3) is 0.133. The number of hydrogen-bond acceptors (Lipinski definition) is 4. The van der Waals surface area contributed by atoms with E-state index in [1.165, 1.54) is 24.3 Å². The maximum absolute atomic E-state index is 12.6. The van der Waals surface area contributed by atoms with Gasteiger partial charge in [-0.2, -0.15) is 13.2 Å². The first-order chi connectivity index (χ1) is 11.6. The average molecular weight is 373 g/mol. The highest BCUT2D eigenvalue weighted by Crippen LogP contribution is 2.30. The van der Waals surface area contributed by atoms with Crippen molar-refractivity contribution in [2.75, 3.05) is 11.6 Å². The lowest BCUT2D eigenvalue weighted by Crippen LogP contribution is -2.41. The van der Waals surface area contributed by atoms with Crippen LogP contribution in [-0.4, -0.2) is 20.6 Å². The Bertz CT molecular complexity index is 866. The zero-order valence-corrected chi connectivity index (χ0v) is 13.7. The quantitative estimate of drug-likeness (QED) is 0.703. The van der Waals surface area contributed by atoms with Crippen LogP contribution in [-0.2, 0) is 16.2 Å². The van der Waals surface area contributed by atoms with Crippen molar-refractivity contribution in [1.29, 1.82) is 0 Å². The van der Waals surface area contributed by atoms with Gasteiger partial charge in [-0.1, -0.05) is 12.1 Å². The zero-order valence-electron chi connectivity index (χ0n) is 12.9. The lowest BCUT2D eigenvalue weighted by atomic mass is 10.1. The molecule has 0 saturated carbocycles. The lowest BCUT2D eigenvalue weighted by Gasteiger charge is -2.13. The molecule has 0 fully saturated rings. The van der Waals surface area contributed by atoms with Crippen LogP contribution in [0.25, 0.3) is 0 Å². The Morgan fingerprint density at radius 2 is 1.60 bits per heavy atom. The zero-order chi connectivity index (χ0) is 18.7. The van der Waals surface area contributed by atoms with Crippen LogP contribution in [0.2, 0.25) is 0 Å². The number of anilines is 2. The molecule has 0 spiro atoms. The second kappa shape index (κ2) is 7.11. The third-order valence-electron chi connectivity index (χ3n) is 3.01. The molecule has 0 aliphatic carbocycles. The van der Waals surface area contributed by atoms with Crippen molar-refractivity contribution in [3.63, 3.8) is 0 Å². The van der Waals surface area contributed by atoms with E-state index < -0.39 is 27.7 Å².